The summed E-state index contributed by atoms with van der Waals surface area (Å²) in [5, 5.41) is 4.27. The fraction of sp³-hybridized carbons (Fsp3) is 0.318. The Labute approximate surface area is 177 Å². The third-order valence-electron chi connectivity index (χ3n) is 5.21. The average molecular weight is 407 g/mol. The fourth-order valence-electron chi connectivity index (χ4n) is 3.72. The predicted molar refractivity (Wildman–Crippen MR) is 119 cm³/mol. The van der Waals surface area contributed by atoms with Crippen LogP contribution in [0.1, 0.15) is 29.0 Å². The summed E-state index contributed by atoms with van der Waals surface area (Å²) in [5.41, 5.74) is 3.27. The monoisotopic (exact) mass is 406 g/mol. The Kier molecular flexibility index (Phi) is 5.60. The number of nitrogens with one attached hydrogen (secondary N) is 1. The van der Waals surface area contributed by atoms with Gasteiger partial charge in [0.2, 0.25) is 0 Å². The second kappa shape index (κ2) is 8.31. The van der Waals surface area contributed by atoms with E-state index in [2.05, 4.69) is 80.3 Å². The summed E-state index contributed by atoms with van der Waals surface area (Å²) in [4.78, 5) is 13.7. The number of aromatic nitrogens is 3. The van der Waals surface area contributed by atoms with Crippen LogP contribution in [0.3, 0.4) is 0 Å². The standard InChI is InChI=1S/C22H26N6S/c1-16-9-10-19(24-15-16)27-12-6-8-18(27)21-20(17-7-4-5-11-23-17)25-22(29)28(21)14-13-26(2)3/h4-12,15,20-21H,13-14H2,1-3H3,(H,25,29)/t20-,21-/m0/s1. The topological polar surface area (TPSA) is 49.2 Å². The first-order chi connectivity index (χ1) is 14.0. The number of pyridine rings is 2. The second-order valence-electron chi connectivity index (χ2n) is 7.62. The molecule has 1 fully saturated rings. The molecule has 2 atom stereocenters. The van der Waals surface area contributed by atoms with E-state index in [1.807, 2.05) is 31.5 Å². The van der Waals surface area contributed by atoms with E-state index in [-0.39, 0.29) is 12.1 Å². The van der Waals surface area contributed by atoms with Gasteiger partial charge in [-0.25, -0.2) is 4.98 Å². The molecule has 0 radical (unpaired) electrons. The lowest BCUT2D eigenvalue weighted by molar-refractivity contribution is 0.272. The summed E-state index contributed by atoms with van der Waals surface area (Å²) in [6.07, 6.45) is 5.80. The van der Waals surface area contributed by atoms with Crippen molar-refractivity contribution in [3.63, 3.8) is 0 Å². The molecule has 1 aliphatic heterocycles. The van der Waals surface area contributed by atoms with Crippen molar-refractivity contribution < 1.29 is 0 Å². The van der Waals surface area contributed by atoms with Crippen LogP contribution < -0.4 is 5.32 Å². The van der Waals surface area contributed by atoms with E-state index in [9.17, 15) is 0 Å². The molecule has 0 saturated carbocycles. The van der Waals surface area contributed by atoms with Gasteiger partial charge in [-0.2, -0.15) is 0 Å². The van der Waals surface area contributed by atoms with Crippen molar-refractivity contribution in [3.05, 3.63) is 78.0 Å². The Hall–Kier alpha value is -2.77. The average Bonchev–Trinajstić information content (AvgIpc) is 3.32. The third-order valence-corrected chi connectivity index (χ3v) is 5.56. The molecule has 0 bridgehead atoms. The molecule has 6 nitrogen and oxygen atoms in total. The number of aryl methyl sites for hydroxylation is 1. The maximum absolute atomic E-state index is 5.74. The van der Waals surface area contributed by atoms with Crippen LogP contribution in [0.5, 0.6) is 0 Å². The van der Waals surface area contributed by atoms with Gasteiger partial charge >= 0.3 is 0 Å². The van der Waals surface area contributed by atoms with Crippen LogP contribution in [-0.2, 0) is 0 Å². The highest BCUT2D eigenvalue weighted by Gasteiger charge is 2.41. The fourth-order valence-corrected chi connectivity index (χ4v) is 4.05. The van der Waals surface area contributed by atoms with Gasteiger partial charge in [0.25, 0.3) is 0 Å². The molecule has 0 amide bonds. The maximum Gasteiger partial charge on any atom is 0.170 e. The van der Waals surface area contributed by atoms with Crippen molar-refractivity contribution in [2.75, 3.05) is 27.2 Å². The molecule has 0 aromatic carbocycles. The first-order valence-electron chi connectivity index (χ1n) is 9.77. The predicted octanol–water partition coefficient (Wildman–Crippen LogP) is 3.11. The molecule has 1 saturated heterocycles. The van der Waals surface area contributed by atoms with E-state index in [1.54, 1.807) is 0 Å². The maximum atomic E-state index is 5.74. The Balaban J connectivity index is 1.77. The van der Waals surface area contributed by atoms with Crippen LogP contribution in [0.25, 0.3) is 5.82 Å². The summed E-state index contributed by atoms with van der Waals surface area (Å²) in [7, 11) is 4.16. The van der Waals surface area contributed by atoms with Gasteiger partial charge in [-0.1, -0.05) is 12.1 Å². The van der Waals surface area contributed by atoms with E-state index in [0.717, 1.165) is 41.0 Å². The third kappa shape index (κ3) is 4.02. The van der Waals surface area contributed by atoms with Crippen LogP contribution in [0.15, 0.2) is 61.1 Å². The largest absolute Gasteiger partial charge is 0.352 e. The van der Waals surface area contributed by atoms with Gasteiger partial charge in [-0.05, 0) is 69.1 Å². The molecule has 4 rings (SSSR count). The molecule has 1 N–H and O–H groups in total. The number of rotatable bonds is 6. The van der Waals surface area contributed by atoms with Crippen LogP contribution in [0, 0.1) is 6.92 Å². The van der Waals surface area contributed by atoms with Gasteiger partial charge < -0.3 is 19.7 Å². The summed E-state index contributed by atoms with van der Waals surface area (Å²) >= 11 is 5.74. The highest BCUT2D eigenvalue weighted by molar-refractivity contribution is 7.80. The number of hydrogen-bond acceptors (Lipinski definition) is 4. The molecule has 150 valence electrons. The lowest BCUT2D eigenvalue weighted by Gasteiger charge is -2.29. The van der Waals surface area contributed by atoms with E-state index >= 15 is 0 Å². The Morgan fingerprint density at radius 3 is 2.66 bits per heavy atom. The van der Waals surface area contributed by atoms with E-state index in [4.69, 9.17) is 12.2 Å². The van der Waals surface area contributed by atoms with Crippen molar-refractivity contribution in [1.29, 1.82) is 0 Å². The van der Waals surface area contributed by atoms with Crippen molar-refractivity contribution in [3.8, 4) is 5.82 Å². The van der Waals surface area contributed by atoms with Gasteiger partial charge in [-0.3, -0.25) is 4.98 Å². The van der Waals surface area contributed by atoms with Crippen LogP contribution in [-0.4, -0.2) is 56.6 Å². The molecule has 4 heterocycles. The number of nitrogens with zero attached hydrogens (tertiary/aromatic N) is 5. The van der Waals surface area contributed by atoms with Gasteiger partial charge in [-0.15, -0.1) is 0 Å². The molecular formula is C22H26N6S. The summed E-state index contributed by atoms with van der Waals surface area (Å²) in [6.45, 7) is 3.79. The van der Waals surface area contributed by atoms with E-state index < -0.39 is 0 Å². The molecule has 7 heteroatoms. The van der Waals surface area contributed by atoms with E-state index in [1.165, 1.54) is 0 Å². The molecule has 0 aliphatic carbocycles. The van der Waals surface area contributed by atoms with Gasteiger partial charge in [0.1, 0.15) is 5.82 Å². The Bertz CT molecular complexity index is 966. The molecule has 1 aliphatic rings. The summed E-state index contributed by atoms with van der Waals surface area (Å²) in [5.74, 6) is 0.903. The normalized spacial score (nSPS) is 19.0. The number of hydrogen-bond donors (Lipinski definition) is 1. The number of thiocarbonyl (C=S) groups is 1. The lowest BCUT2D eigenvalue weighted by Crippen LogP contribution is -2.36. The zero-order valence-corrected chi connectivity index (χ0v) is 17.8. The summed E-state index contributed by atoms with van der Waals surface area (Å²) < 4.78 is 2.15. The van der Waals surface area contributed by atoms with Crippen LogP contribution in [0.2, 0.25) is 0 Å². The zero-order chi connectivity index (χ0) is 20.4. The molecule has 0 spiro atoms. The minimum atomic E-state index is -0.0232. The highest BCUT2D eigenvalue weighted by Crippen LogP contribution is 2.39. The Morgan fingerprint density at radius 1 is 1.10 bits per heavy atom. The van der Waals surface area contributed by atoms with Gasteiger partial charge in [0.15, 0.2) is 5.11 Å². The smallest absolute Gasteiger partial charge is 0.170 e. The zero-order valence-electron chi connectivity index (χ0n) is 17.0. The lowest BCUT2D eigenvalue weighted by atomic mass is 10.0. The minimum Gasteiger partial charge on any atom is -0.352 e. The van der Waals surface area contributed by atoms with E-state index in [0.29, 0.717) is 0 Å². The number of likely N-dealkylation sites (N-methyl/N-ethyl adjacent to an activating group) is 1. The van der Waals surface area contributed by atoms with Crippen molar-refractivity contribution in [2.45, 2.75) is 19.0 Å². The first-order valence-corrected chi connectivity index (χ1v) is 10.2. The van der Waals surface area contributed by atoms with Gasteiger partial charge in [0.05, 0.1) is 17.8 Å². The quantitative estimate of drug-likeness (QED) is 0.635. The highest BCUT2D eigenvalue weighted by atomic mass is 32.1. The van der Waals surface area contributed by atoms with Crippen molar-refractivity contribution in [1.82, 2.24) is 29.7 Å². The molecular weight excluding hydrogens is 380 g/mol. The molecule has 3 aromatic heterocycles. The first kappa shape index (κ1) is 19.5. The molecule has 3 aromatic rings. The van der Waals surface area contributed by atoms with Crippen LogP contribution in [0.4, 0.5) is 0 Å². The molecule has 29 heavy (non-hydrogen) atoms. The second-order valence-corrected chi connectivity index (χ2v) is 8.01. The molecule has 0 unspecified atom stereocenters. The Morgan fingerprint density at radius 2 is 1.97 bits per heavy atom. The summed E-state index contributed by atoms with van der Waals surface area (Å²) in [6, 6.07) is 14.4. The van der Waals surface area contributed by atoms with Gasteiger partial charge in [0, 0.05) is 37.4 Å². The van der Waals surface area contributed by atoms with Crippen molar-refractivity contribution in [2.24, 2.45) is 0 Å². The van der Waals surface area contributed by atoms with Crippen LogP contribution >= 0.6 is 12.2 Å². The SMILES string of the molecule is Cc1ccc(-n2cccc2[C@H]2[C@H](c3ccccn3)NC(=S)N2CCN(C)C)nc1. The van der Waals surface area contributed by atoms with Crippen molar-refractivity contribution >= 4 is 17.3 Å². The minimum absolute atomic E-state index is 0.0232.